The molecule has 0 saturated carbocycles. The van der Waals surface area contributed by atoms with Crippen molar-refractivity contribution >= 4 is 15.8 Å². The Balaban J connectivity index is 2.29. The minimum absolute atomic E-state index is 0.0875. The SMILES string of the molecule is CNc1ccc(S(=O)(=O)N2CC(C)OCC2C)cn1. The van der Waals surface area contributed by atoms with Crippen LogP contribution in [0, 0.1) is 0 Å². The second kappa shape index (κ2) is 5.44. The van der Waals surface area contributed by atoms with Crippen molar-refractivity contribution in [3.05, 3.63) is 18.3 Å². The van der Waals surface area contributed by atoms with Crippen LogP contribution in [0.15, 0.2) is 23.2 Å². The number of morpholine rings is 1. The molecule has 1 saturated heterocycles. The first-order valence-corrected chi connectivity index (χ1v) is 7.66. The third-order valence-electron chi connectivity index (χ3n) is 3.15. The van der Waals surface area contributed by atoms with Crippen molar-refractivity contribution < 1.29 is 13.2 Å². The van der Waals surface area contributed by atoms with E-state index in [0.717, 1.165) is 0 Å². The lowest BCUT2D eigenvalue weighted by molar-refractivity contribution is -0.0170. The smallest absolute Gasteiger partial charge is 0.245 e. The monoisotopic (exact) mass is 285 g/mol. The van der Waals surface area contributed by atoms with Crippen molar-refractivity contribution in [3.63, 3.8) is 0 Å². The highest BCUT2D eigenvalue weighted by Crippen LogP contribution is 2.22. The third-order valence-corrected chi connectivity index (χ3v) is 5.11. The molecule has 0 bridgehead atoms. The molecule has 0 radical (unpaired) electrons. The second-order valence-electron chi connectivity index (χ2n) is 4.70. The summed E-state index contributed by atoms with van der Waals surface area (Å²) < 4.78 is 32.0. The fourth-order valence-electron chi connectivity index (χ4n) is 2.02. The second-order valence-corrected chi connectivity index (χ2v) is 6.59. The van der Waals surface area contributed by atoms with Gasteiger partial charge in [0.15, 0.2) is 0 Å². The van der Waals surface area contributed by atoms with Crippen LogP contribution >= 0.6 is 0 Å². The molecule has 1 aromatic heterocycles. The molecule has 2 atom stereocenters. The van der Waals surface area contributed by atoms with Crippen molar-refractivity contribution in [1.29, 1.82) is 0 Å². The lowest BCUT2D eigenvalue weighted by atomic mass is 10.2. The molecule has 19 heavy (non-hydrogen) atoms. The molecular formula is C12H19N3O3S. The Kier molecular flexibility index (Phi) is 4.07. The van der Waals surface area contributed by atoms with Crippen LogP contribution in [0.5, 0.6) is 0 Å². The van der Waals surface area contributed by atoms with E-state index in [9.17, 15) is 8.42 Å². The van der Waals surface area contributed by atoms with E-state index in [-0.39, 0.29) is 17.0 Å². The van der Waals surface area contributed by atoms with E-state index in [0.29, 0.717) is 19.0 Å². The van der Waals surface area contributed by atoms with Crippen LogP contribution in [0.3, 0.4) is 0 Å². The fraction of sp³-hybridized carbons (Fsp3) is 0.583. The summed E-state index contributed by atoms with van der Waals surface area (Å²) >= 11 is 0. The zero-order chi connectivity index (χ0) is 14.0. The van der Waals surface area contributed by atoms with Crippen molar-refractivity contribution in [2.45, 2.75) is 30.9 Å². The third kappa shape index (κ3) is 2.88. The van der Waals surface area contributed by atoms with Gasteiger partial charge in [-0.05, 0) is 26.0 Å². The van der Waals surface area contributed by atoms with Crippen LogP contribution in [-0.2, 0) is 14.8 Å². The number of ether oxygens (including phenoxy) is 1. The molecule has 0 aromatic carbocycles. The Hall–Kier alpha value is -1.18. The maximum Gasteiger partial charge on any atom is 0.245 e. The van der Waals surface area contributed by atoms with E-state index < -0.39 is 10.0 Å². The highest BCUT2D eigenvalue weighted by Gasteiger charge is 2.34. The lowest BCUT2D eigenvalue weighted by Crippen LogP contribution is -2.50. The van der Waals surface area contributed by atoms with Crippen LogP contribution in [0.1, 0.15) is 13.8 Å². The molecule has 1 aliphatic heterocycles. The lowest BCUT2D eigenvalue weighted by Gasteiger charge is -2.35. The van der Waals surface area contributed by atoms with Crippen LogP contribution in [-0.4, -0.2) is 50.1 Å². The van der Waals surface area contributed by atoms with Crippen molar-refractivity contribution in [2.75, 3.05) is 25.5 Å². The normalized spacial score (nSPS) is 25.2. The molecule has 1 aromatic rings. The Bertz CT molecular complexity index is 530. The molecule has 6 nitrogen and oxygen atoms in total. The van der Waals surface area contributed by atoms with E-state index in [1.165, 1.54) is 10.5 Å². The molecule has 2 unspecified atom stereocenters. The maximum atomic E-state index is 12.6. The first-order valence-electron chi connectivity index (χ1n) is 6.22. The van der Waals surface area contributed by atoms with Gasteiger partial charge in [0.2, 0.25) is 10.0 Å². The molecule has 106 valence electrons. The fourth-order valence-corrected chi connectivity index (χ4v) is 3.66. The highest BCUT2D eigenvalue weighted by molar-refractivity contribution is 7.89. The molecule has 2 rings (SSSR count). The van der Waals surface area contributed by atoms with E-state index in [1.54, 1.807) is 19.2 Å². The summed E-state index contributed by atoms with van der Waals surface area (Å²) in [4.78, 5) is 4.27. The maximum absolute atomic E-state index is 12.6. The molecule has 0 aliphatic carbocycles. The number of pyridine rings is 1. The van der Waals surface area contributed by atoms with Gasteiger partial charge in [-0.15, -0.1) is 0 Å². The summed E-state index contributed by atoms with van der Waals surface area (Å²) in [6, 6.07) is 3.06. The van der Waals surface area contributed by atoms with Crippen molar-refractivity contribution in [3.8, 4) is 0 Å². The average molecular weight is 285 g/mol. The van der Waals surface area contributed by atoms with Gasteiger partial charge in [0.25, 0.3) is 0 Å². The van der Waals surface area contributed by atoms with Crippen molar-refractivity contribution in [1.82, 2.24) is 9.29 Å². The first-order chi connectivity index (χ1) is 8.95. The van der Waals surface area contributed by atoms with Gasteiger partial charge in [-0.25, -0.2) is 13.4 Å². The summed E-state index contributed by atoms with van der Waals surface area (Å²) in [5.74, 6) is 0.641. The van der Waals surface area contributed by atoms with E-state index in [2.05, 4.69) is 10.3 Å². The standard InChI is InChI=1S/C12H19N3O3S/c1-9-8-18-10(2)7-15(9)19(16,17)11-4-5-12(13-3)14-6-11/h4-6,9-10H,7-8H2,1-3H3,(H,13,14). The van der Waals surface area contributed by atoms with Crippen LogP contribution in [0.2, 0.25) is 0 Å². The Morgan fingerprint density at radius 3 is 2.74 bits per heavy atom. The molecule has 1 aliphatic rings. The number of nitrogens with zero attached hydrogens (tertiary/aromatic N) is 2. The summed E-state index contributed by atoms with van der Waals surface area (Å²) in [6.07, 6.45) is 1.30. The number of nitrogens with one attached hydrogen (secondary N) is 1. The predicted octanol–water partition coefficient (Wildman–Crippen LogP) is 0.921. The Labute approximate surface area is 113 Å². The van der Waals surface area contributed by atoms with Gasteiger partial charge < -0.3 is 10.1 Å². The van der Waals surface area contributed by atoms with Crippen molar-refractivity contribution in [2.24, 2.45) is 0 Å². The molecular weight excluding hydrogens is 266 g/mol. The molecule has 2 heterocycles. The number of sulfonamides is 1. The number of rotatable bonds is 3. The molecule has 1 N–H and O–H groups in total. The highest BCUT2D eigenvalue weighted by atomic mass is 32.2. The Morgan fingerprint density at radius 1 is 1.42 bits per heavy atom. The quantitative estimate of drug-likeness (QED) is 0.894. The molecule has 1 fully saturated rings. The van der Waals surface area contributed by atoms with Gasteiger partial charge in [-0.3, -0.25) is 0 Å². The topological polar surface area (TPSA) is 71.5 Å². The predicted molar refractivity (Wildman–Crippen MR) is 72.6 cm³/mol. The first kappa shape index (κ1) is 14.2. The van der Waals surface area contributed by atoms with E-state index >= 15 is 0 Å². The van der Waals surface area contributed by atoms with Gasteiger partial charge in [-0.1, -0.05) is 0 Å². The van der Waals surface area contributed by atoms with Gasteiger partial charge in [0.05, 0.1) is 12.7 Å². The zero-order valence-electron chi connectivity index (χ0n) is 11.3. The molecule has 7 heteroatoms. The number of hydrogen-bond donors (Lipinski definition) is 1. The summed E-state index contributed by atoms with van der Waals surface area (Å²) in [7, 11) is -1.77. The summed E-state index contributed by atoms with van der Waals surface area (Å²) in [5, 5.41) is 2.86. The van der Waals surface area contributed by atoms with Gasteiger partial charge in [0.1, 0.15) is 10.7 Å². The average Bonchev–Trinajstić information content (AvgIpc) is 2.41. The van der Waals surface area contributed by atoms with Crippen LogP contribution in [0.25, 0.3) is 0 Å². The van der Waals surface area contributed by atoms with Crippen LogP contribution < -0.4 is 5.32 Å². The summed E-state index contributed by atoms with van der Waals surface area (Å²) in [6.45, 7) is 4.51. The zero-order valence-corrected chi connectivity index (χ0v) is 12.1. The van der Waals surface area contributed by atoms with E-state index in [4.69, 9.17) is 4.74 Å². The minimum atomic E-state index is -3.51. The van der Waals surface area contributed by atoms with E-state index in [1.807, 2.05) is 13.8 Å². The number of hydrogen-bond acceptors (Lipinski definition) is 5. The summed E-state index contributed by atoms with van der Waals surface area (Å²) in [5.41, 5.74) is 0. The van der Waals surface area contributed by atoms with Crippen LogP contribution in [0.4, 0.5) is 5.82 Å². The minimum Gasteiger partial charge on any atom is -0.375 e. The number of anilines is 1. The molecule has 0 amide bonds. The van der Waals surface area contributed by atoms with Gasteiger partial charge >= 0.3 is 0 Å². The number of aromatic nitrogens is 1. The van der Waals surface area contributed by atoms with Gasteiger partial charge in [-0.2, -0.15) is 4.31 Å². The largest absolute Gasteiger partial charge is 0.375 e. The molecule has 0 spiro atoms. The van der Waals surface area contributed by atoms with Gasteiger partial charge in [0, 0.05) is 25.8 Å². The Morgan fingerprint density at radius 2 is 2.16 bits per heavy atom.